The fourth-order valence-corrected chi connectivity index (χ4v) is 2.51. The molecule has 27 heavy (non-hydrogen) atoms. The zero-order valence-corrected chi connectivity index (χ0v) is 14.4. The van der Waals surface area contributed by atoms with Gasteiger partial charge in [-0.05, 0) is 22.3 Å². The summed E-state index contributed by atoms with van der Waals surface area (Å²) in [4.78, 5) is 0. The summed E-state index contributed by atoms with van der Waals surface area (Å²) >= 11 is 5.69. The second kappa shape index (κ2) is 8.06. The van der Waals surface area contributed by atoms with Crippen molar-refractivity contribution >= 4 is 11.6 Å². The largest absolute Gasteiger partial charge is 0.420 e. The van der Waals surface area contributed by atoms with E-state index in [9.17, 15) is 30.7 Å². The van der Waals surface area contributed by atoms with Crippen molar-refractivity contribution in [3.05, 3.63) is 59.7 Å². The first kappa shape index (κ1) is 21.5. The maximum Gasteiger partial charge on any atom is 0.420 e. The van der Waals surface area contributed by atoms with Gasteiger partial charge in [0.15, 0.2) is 0 Å². The van der Waals surface area contributed by atoms with Crippen molar-refractivity contribution in [3.8, 4) is 11.1 Å². The molecule has 2 aromatic rings. The number of benzene rings is 2. The first-order valence-electron chi connectivity index (χ1n) is 7.65. The van der Waals surface area contributed by atoms with Crippen LogP contribution in [-0.4, -0.2) is 18.2 Å². The zero-order chi connectivity index (χ0) is 20.3. The third-order valence-electron chi connectivity index (χ3n) is 3.69. The standard InChI is InChI=1S/C18H14ClF7O/c19-9-12-5-7-13(8-6-12)15-4-2-1-3-14(15)10-27-18(25,26)16(20,21)11-17(22,23)24/h1-8H,9-11H2. The number of rotatable bonds is 7. The lowest BCUT2D eigenvalue weighted by molar-refractivity contribution is -0.369. The Bertz CT molecular complexity index is 757. The summed E-state index contributed by atoms with van der Waals surface area (Å²) in [5, 5.41) is 0. The number of hydrogen-bond donors (Lipinski definition) is 0. The van der Waals surface area contributed by atoms with Crippen LogP contribution in [0.15, 0.2) is 48.5 Å². The molecule has 0 radical (unpaired) electrons. The van der Waals surface area contributed by atoms with E-state index in [4.69, 9.17) is 11.6 Å². The summed E-state index contributed by atoms with van der Waals surface area (Å²) in [5.74, 6) is -5.12. The third kappa shape index (κ3) is 5.59. The molecule has 0 aromatic heterocycles. The minimum absolute atomic E-state index is 0.124. The second-order valence-electron chi connectivity index (χ2n) is 5.79. The van der Waals surface area contributed by atoms with Gasteiger partial charge >= 0.3 is 18.2 Å². The van der Waals surface area contributed by atoms with Gasteiger partial charge < -0.3 is 4.74 Å². The van der Waals surface area contributed by atoms with Gasteiger partial charge in [0.05, 0.1) is 6.61 Å². The Kier molecular flexibility index (Phi) is 6.42. The van der Waals surface area contributed by atoms with Crippen LogP contribution < -0.4 is 0 Å². The lowest BCUT2D eigenvalue weighted by Gasteiger charge is -2.27. The maximum absolute atomic E-state index is 13.6. The van der Waals surface area contributed by atoms with Gasteiger partial charge in [-0.1, -0.05) is 48.5 Å². The lowest BCUT2D eigenvalue weighted by Crippen LogP contribution is -2.45. The molecule has 0 atom stereocenters. The number of halogens is 8. The Balaban J connectivity index is 2.20. The molecule has 148 valence electrons. The Morgan fingerprint density at radius 1 is 0.815 bits per heavy atom. The molecule has 0 heterocycles. The summed E-state index contributed by atoms with van der Waals surface area (Å²) in [7, 11) is 0. The van der Waals surface area contributed by atoms with E-state index in [1.165, 1.54) is 12.1 Å². The first-order valence-corrected chi connectivity index (χ1v) is 8.18. The maximum atomic E-state index is 13.6. The van der Waals surface area contributed by atoms with Gasteiger partial charge in [0.1, 0.15) is 6.42 Å². The fourth-order valence-electron chi connectivity index (χ4n) is 2.33. The lowest BCUT2D eigenvalue weighted by atomic mass is 9.99. The summed E-state index contributed by atoms with van der Waals surface area (Å²) in [5.41, 5.74) is 1.95. The van der Waals surface area contributed by atoms with Crippen LogP contribution in [0.5, 0.6) is 0 Å². The van der Waals surface area contributed by atoms with E-state index >= 15 is 0 Å². The monoisotopic (exact) mass is 414 g/mol. The van der Waals surface area contributed by atoms with Crippen molar-refractivity contribution in [2.75, 3.05) is 0 Å². The highest BCUT2D eigenvalue weighted by Gasteiger charge is 2.62. The van der Waals surface area contributed by atoms with Gasteiger partial charge in [0, 0.05) is 5.88 Å². The van der Waals surface area contributed by atoms with E-state index in [0.717, 1.165) is 5.56 Å². The van der Waals surface area contributed by atoms with E-state index in [-0.39, 0.29) is 11.4 Å². The van der Waals surface area contributed by atoms with Gasteiger partial charge in [-0.2, -0.15) is 30.7 Å². The molecule has 1 nitrogen and oxygen atoms in total. The molecule has 0 aliphatic rings. The molecule has 0 fully saturated rings. The van der Waals surface area contributed by atoms with Crippen LogP contribution in [0.2, 0.25) is 0 Å². The van der Waals surface area contributed by atoms with Crippen LogP contribution in [0.1, 0.15) is 17.5 Å². The summed E-state index contributed by atoms with van der Waals surface area (Å²) in [6, 6.07) is 12.7. The quantitative estimate of drug-likeness (QED) is 0.358. The van der Waals surface area contributed by atoms with Crippen LogP contribution in [-0.2, 0) is 17.2 Å². The van der Waals surface area contributed by atoms with Crippen molar-refractivity contribution in [1.29, 1.82) is 0 Å². The summed E-state index contributed by atoms with van der Waals surface area (Å²) in [6.07, 6.45) is -13.7. The van der Waals surface area contributed by atoms with Crippen molar-refractivity contribution in [2.45, 2.75) is 37.1 Å². The molecule has 0 unspecified atom stereocenters. The Morgan fingerprint density at radius 2 is 1.41 bits per heavy atom. The predicted molar refractivity (Wildman–Crippen MR) is 86.8 cm³/mol. The van der Waals surface area contributed by atoms with Crippen molar-refractivity contribution in [2.24, 2.45) is 0 Å². The van der Waals surface area contributed by atoms with Gasteiger partial charge in [-0.3, -0.25) is 0 Å². The fraction of sp³-hybridized carbons (Fsp3) is 0.333. The topological polar surface area (TPSA) is 9.23 Å². The van der Waals surface area contributed by atoms with Crippen LogP contribution in [0.3, 0.4) is 0 Å². The van der Waals surface area contributed by atoms with Crippen LogP contribution in [0, 0.1) is 0 Å². The van der Waals surface area contributed by atoms with E-state index in [1.54, 1.807) is 36.4 Å². The molecule has 0 bridgehead atoms. The van der Waals surface area contributed by atoms with E-state index < -0.39 is 31.2 Å². The minimum atomic E-state index is -5.46. The highest BCUT2D eigenvalue weighted by molar-refractivity contribution is 6.17. The number of ether oxygens (including phenoxy) is 1. The summed E-state index contributed by atoms with van der Waals surface area (Å²) in [6.45, 7) is -0.992. The molecule has 0 N–H and O–H groups in total. The molecule has 0 amide bonds. The average Bonchev–Trinajstić information content (AvgIpc) is 2.58. The van der Waals surface area contributed by atoms with Crippen LogP contribution >= 0.6 is 11.6 Å². The van der Waals surface area contributed by atoms with Crippen LogP contribution in [0.25, 0.3) is 11.1 Å². The molecule has 9 heteroatoms. The number of hydrogen-bond acceptors (Lipinski definition) is 1. The number of alkyl halides is 8. The Labute approximate surface area is 155 Å². The van der Waals surface area contributed by atoms with Gasteiger partial charge in [0.25, 0.3) is 0 Å². The SMILES string of the molecule is FC(F)(F)CC(F)(F)C(F)(F)OCc1ccccc1-c1ccc(CCl)cc1. The molecular formula is C18H14ClF7O. The summed E-state index contributed by atoms with van der Waals surface area (Å²) < 4.78 is 94.0. The van der Waals surface area contributed by atoms with Crippen LogP contribution in [0.4, 0.5) is 30.7 Å². The Hall–Kier alpha value is -1.80. The smallest absolute Gasteiger partial charge is 0.311 e. The normalized spacial score (nSPS) is 13.0. The zero-order valence-electron chi connectivity index (χ0n) is 13.7. The van der Waals surface area contributed by atoms with Gasteiger partial charge in [0.2, 0.25) is 0 Å². The minimum Gasteiger partial charge on any atom is -0.311 e. The predicted octanol–water partition coefficient (Wildman–Crippen LogP) is 6.79. The van der Waals surface area contributed by atoms with E-state index in [1.807, 2.05) is 0 Å². The van der Waals surface area contributed by atoms with Crippen molar-refractivity contribution < 1.29 is 35.5 Å². The molecule has 0 saturated heterocycles. The molecule has 0 saturated carbocycles. The molecule has 0 spiro atoms. The molecular weight excluding hydrogens is 401 g/mol. The second-order valence-corrected chi connectivity index (χ2v) is 6.06. The van der Waals surface area contributed by atoms with Gasteiger partial charge in [-0.15, -0.1) is 11.6 Å². The van der Waals surface area contributed by atoms with E-state index in [0.29, 0.717) is 11.1 Å². The highest BCUT2D eigenvalue weighted by Crippen LogP contribution is 2.43. The molecule has 2 aromatic carbocycles. The first-order chi connectivity index (χ1) is 12.5. The average molecular weight is 415 g/mol. The van der Waals surface area contributed by atoms with Gasteiger partial charge in [-0.25, -0.2) is 0 Å². The molecule has 2 rings (SSSR count). The third-order valence-corrected chi connectivity index (χ3v) is 4.00. The highest BCUT2D eigenvalue weighted by atomic mass is 35.5. The van der Waals surface area contributed by atoms with E-state index in [2.05, 4.69) is 4.74 Å². The molecule has 0 aliphatic carbocycles. The van der Waals surface area contributed by atoms with Crippen molar-refractivity contribution in [3.63, 3.8) is 0 Å². The Morgan fingerprint density at radius 3 is 1.96 bits per heavy atom. The molecule has 0 aliphatic heterocycles. The van der Waals surface area contributed by atoms with Crippen molar-refractivity contribution in [1.82, 2.24) is 0 Å².